The Hall–Kier alpha value is -1.63. The lowest BCUT2D eigenvalue weighted by molar-refractivity contribution is -0.384. The zero-order valence-corrected chi connectivity index (χ0v) is 12.3. The molecule has 0 spiro atoms. The van der Waals surface area contributed by atoms with Gasteiger partial charge < -0.3 is 10.1 Å². The monoisotopic (exact) mass is 282 g/mol. The Morgan fingerprint density at radius 1 is 1.60 bits per heavy atom. The van der Waals surface area contributed by atoms with E-state index < -0.39 is 0 Å². The van der Waals surface area contributed by atoms with E-state index in [1.807, 2.05) is 13.8 Å². The van der Waals surface area contributed by atoms with Crippen molar-refractivity contribution in [1.29, 1.82) is 0 Å². The molecule has 1 N–H and O–H groups in total. The van der Waals surface area contributed by atoms with Crippen molar-refractivity contribution >= 4 is 11.5 Å². The molecule has 1 fully saturated rings. The van der Waals surface area contributed by atoms with E-state index in [9.17, 15) is 10.1 Å². The van der Waals surface area contributed by atoms with Crippen LogP contribution in [0.2, 0.25) is 0 Å². The van der Waals surface area contributed by atoms with Crippen molar-refractivity contribution in [1.82, 2.24) is 9.78 Å². The van der Waals surface area contributed by atoms with Crippen molar-refractivity contribution in [2.24, 2.45) is 5.92 Å². The summed E-state index contributed by atoms with van der Waals surface area (Å²) in [6.45, 7) is 7.87. The van der Waals surface area contributed by atoms with Crippen LogP contribution in [-0.4, -0.2) is 34.0 Å². The molecular weight excluding hydrogens is 260 g/mol. The number of hydrogen-bond acceptors (Lipinski definition) is 5. The molecule has 0 aromatic carbocycles. The van der Waals surface area contributed by atoms with Gasteiger partial charge in [-0.25, -0.2) is 4.68 Å². The van der Waals surface area contributed by atoms with E-state index in [1.54, 1.807) is 11.6 Å². The Balaban J connectivity index is 2.17. The molecular formula is C13H22N4O3. The number of rotatable bonds is 6. The summed E-state index contributed by atoms with van der Waals surface area (Å²) in [4.78, 5) is 10.9. The number of nitrogens with zero attached hydrogens (tertiary/aromatic N) is 3. The fraction of sp³-hybridized carbons (Fsp3) is 0.769. The van der Waals surface area contributed by atoms with Crippen LogP contribution in [-0.2, 0) is 11.3 Å². The Morgan fingerprint density at radius 2 is 2.35 bits per heavy atom. The minimum atomic E-state index is -0.356. The third-order valence-corrected chi connectivity index (χ3v) is 3.78. The number of ether oxygens (including phenoxy) is 1. The molecule has 1 aliphatic heterocycles. The molecule has 7 heteroatoms. The van der Waals surface area contributed by atoms with Gasteiger partial charge in [-0.1, -0.05) is 6.92 Å². The van der Waals surface area contributed by atoms with Crippen LogP contribution in [0.3, 0.4) is 0 Å². The summed E-state index contributed by atoms with van der Waals surface area (Å²) in [5, 5.41) is 18.7. The molecule has 1 aromatic rings. The van der Waals surface area contributed by atoms with E-state index in [1.165, 1.54) is 0 Å². The molecule has 0 bridgehead atoms. The van der Waals surface area contributed by atoms with Crippen molar-refractivity contribution in [3.05, 3.63) is 15.8 Å². The molecule has 1 aliphatic rings. The van der Waals surface area contributed by atoms with Gasteiger partial charge in [0.05, 0.1) is 11.0 Å². The van der Waals surface area contributed by atoms with Crippen LogP contribution in [0.4, 0.5) is 11.5 Å². The number of hydrogen-bond donors (Lipinski definition) is 1. The normalized spacial score (nSPS) is 22.1. The van der Waals surface area contributed by atoms with Crippen LogP contribution in [0.1, 0.15) is 32.4 Å². The van der Waals surface area contributed by atoms with Gasteiger partial charge in [0.1, 0.15) is 5.69 Å². The van der Waals surface area contributed by atoms with E-state index in [-0.39, 0.29) is 16.7 Å². The first-order valence-electron chi connectivity index (χ1n) is 7.11. The van der Waals surface area contributed by atoms with Gasteiger partial charge in [-0.05, 0) is 26.7 Å². The highest BCUT2D eigenvalue weighted by Crippen LogP contribution is 2.29. The second-order valence-electron chi connectivity index (χ2n) is 5.27. The molecule has 20 heavy (non-hydrogen) atoms. The molecule has 1 aromatic heterocycles. The van der Waals surface area contributed by atoms with Crippen molar-refractivity contribution in [3.8, 4) is 0 Å². The molecule has 0 amide bonds. The quantitative estimate of drug-likeness (QED) is 0.639. The lowest BCUT2D eigenvalue weighted by Gasteiger charge is -2.15. The third kappa shape index (κ3) is 2.92. The highest BCUT2D eigenvalue weighted by molar-refractivity contribution is 5.59. The fourth-order valence-corrected chi connectivity index (χ4v) is 2.61. The molecule has 112 valence electrons. The molecule has 7 nitrogen and oxygen atoms in total. The van der Waals surface area contributed by atoms with Crippen LogP contribution in [0.25, 0.3) is 0 Å². The van der Waals surface area contributed by atoms with Gasteiger partial charge in [-0.15, -0.1) is 0 Å². The molecule has 2 rings (SSSR count). The van der Waals surface area contributed by atoms with Crippen molar-refractivity contribution < 1.29 is 9.66 Å². The van der Waals surface area contributed by atoms with E-state index in [0.29, 0.717) is 30.5 Å². The predicted molar refractivity (Wildman–Crippen MR) is 75.9 cm³/mol. The van der Waals surface area contributed by atoms with Crippen molar-refractivity contribution in [2.45, 2.75) is 46.3 Å². The number of nitro groups is 1. The zero-order chi connectivity index (χ0) is 14.7. The second-order valence-corrected chi connectivity index (χ2v) is 5.27. The van der Waals surface area contributed by atoms with Gasteiger partial charge in [0.2, 0.25) is 5.82 Å². The van der Waals surface area contributed by atoms with E-state index in [4.69, 9.17) is 4.74 Å². The molecule has 0 saturated carbocycles. The van der Waals surface area contributed by atoms with Crippen molar-refractivity contribution in [3.63, 3.8) is 0 Å². The van der Waals surface area contributed by atoms with E-state index >= 15 is 0 Å². The Morgan fingerprint density at radius 3 is 2.90 bits per heavy atom. The van der Waals surface area contributed by atoms with Gasteiger partial charge in [-0.3, -0.25) is 10.1 Å². The summed E-state index contributed by atoms with van der Waals surface area (Å²) >= 11 is 0. The second kappa shape index (κ2) is 6.21. The van der Waals surface area contributed by atoms with E-state index in [0.717, 1.165) is 19.4 Å². The standard InChI is InChI=1S/C13H22N4O3/c1-4-6-16-13(12(17(18)19)9(2)15-16)14-8-11-5-7-20-10(11)3/h10-11,14H,4-8H2,1-3H3. The summed E-state index contributed by atoms with van der Waals surface area (Å²) in [5.74, 6) is 0.910. The molecule has 0 radical (unpaired) electrons. The van der Waals surface area contributed by atoms with Crippen LogP contribution >= 0.6 is 0 Å². The Kier molecular flexibility index (Phi) is 4.59. The first-order valence-corrected chi connectivity index (χ1v) is 7.11. The lowest BCUT2D eigenvalue weighted by atomic mass is 10.0. The highest BCUT2D eigenvalue weighted by Gasteiger charge is 2.28. The lowest BCUT2D eigenvalue weighted by Crippen LogP contribution is -2.22. The van der Waals surface area contributed by atoms with E-state index in [2.05, 4.69) is 10.4 Å². The number of anilines is 1. The summed E-state index contributed by atoms with van der Waals surface area (Å²) in [5.41, 5.74) is 0.548. The maximum absolute atomic E-state index is 11.2. The van der Waals surface area contributed by atoms with Crippen molar-refractivity contribution in [2.75, 3.05) is 18.5 Å². The SMILES string of the molecule is CCCn1nc(C)c([N+](=O)[O-])c1NCC1CCOC1C. The predicted octanol–water partition coefficient (Wildman–Crippen LogP) is 2.35. The maximum Gasteiger partial charge on any atom is 0.333 e. The highest BCUT2D eigenvalue weighted by atomic mass is 16.6. The van der Waals surface area contributed by atoms with Crippen LogP contribution < -0.4 is 5.32 Å². The minimum absolute atomic E-state index is 0.0880. The fourth-order valence-electron chi connectivity index (χ4n) is 2.61. The minimum Gasteiger partial charge on any atom is -0.378 e. The van der Waals surface area contributed by atoms with Crippen LogP contribution in [0, 0.1) is 23.0 Å². The molecule has 2 atom stereocenters. The number of aromatic nitrogens is 2. The smallest absolute Gasteiger partial charge is 0.333 e. The summed E-state index contributed by atoms with van der Waals surface area (Å²) in [6.07, 6.45) is 2.07. The summed E-state index contributed by atoms with van der Waals surface area (Å²) < 4.78 is 7.22. The first-order chi connectivity index (χ1) is 9.54. The van der Waals surface area contributed by atoms with Gasteiger partial charge in [0.25, 0.3) is 0 Å². The largest absolute Gasteiger partial charge is 0.378 e. The average molecular weight is 282 g/mol. The number of aryl methyl sites for hydroxylation is 2. The van der Waals surface area contributed by atoms with Gasteiger partial charge >= 0.3 is 5.69 Å². The molecule has 2 heterocycles. The van der Waals surface area contributed by atoms with Gasteiger partial charge in [-0.2, -0.15) is 5.10 Å². The Bertz CT molecular complexity index is 486. The van der Waals surface area contributed by atoms with Crippen LogP contribution in [0.5, 0.6) is 0 Å². The molecule has 1 saturated heterocycles. The summed E-state index contributed by atoms with van der Waals surface area (Å²) in [6, 6.07) is 0. The van der Waals surface area contributed by atoms with Gasteiger partial charge in [0, 0.05) is 25.6 Å². The first kappa shape index (κ1) is 14.8. The van der Waals surface area contributed by atoms with Gasteiger partial charge in [0.15, 0.2) is 0 Å². The Labute approximate surface area is 118 Å². The topological polar surface area (TPSA) is 82.2 Å². The summed E-state index contributed by atoms with van der Waals surface area (Å²) in [7, 11) is 0. The zero-order valence-electron chi connectivity index (χ0n) is 12.3. The molecule has 0 aliphatic carbocycles. The maximum atomic E-state index is 11.2. The average Bonchev–Trinajstić information content (AvgIpc) is 2.91. The third-order valence-electron chi connectivity index (χ3n) is 3.78. The number of nitrogens with one attached hydrogen (secondary N) is 1. The molecule has 2 unspecified atom stereocenters. The van der Waals surface area contributed by atoms with Crippen LogP contribution in [0.15, 0.2) is 0 Å².